The lowest BCUT2D eigenvalue weighted by molar-refractivity contribution is 0.133. The number of aromatic nitrogens is 1. The molecule has 1 N–H and O–H groups in total. The molecule has 1 atom stereocenters. The van der Waals surface area contributed by atoms with Crippen molar-refractivity contribution in [1.82, 2.24) is 9.88 Å². The molecule has 1 aromatic heterocycles. The fourth-order valence-corrected chi connectivity index (χ4v) is 3.62. The van der Waals surface area contributed by atoms with Crippen LogP contribution in [0.3, 0.4) is 0 Å². The first kappa shape index (κ1) is 11.4. The Morgan fingerprint density at radius 1 is 1.05 bits per heavy atom. The van der Waals surface area contributed by atoms with Gasteiger partial charge >= 0.3 is 0 Å². The third-order valence-corrected chi connectivity index (χ3v) is 4.74. The second-order valence-corrected chi connectivity index (χ2v) is 5.88. The van der Waals surface area contributed by atoms with Gasteiger partial charge in [-0.25, -0.2) is 0 Å². The molecule has 0 saturated carbocycles. The molecule has 2 fully saturated rings. The van der Waals surface area contributed by atoms with E-state index in [1.807, 2.05) is 6.20 Å². The van der Waals surface area contributed by atoms with Crippen LogP contribution in [0.4, 0.5) is 5.69 Å². The Balaban J connectivity index is 1.58. The molecule has 3 heteroatoms. The number of aromatic amines is 1. The quantitative estimate of drug-likeness (QED) is 0.846. The molecule has 1 unspecified atom stereocenters. The summed E-state index contributed by atoms with van der Waals surface area (Å²) in [6, 6.07) is 9.72. The molecule has 3 nitrogen and oxygen atoms in total. The van der Waals surface area contributed by atoms with Crippen LogP contribution in [0.1, 0.15) is 19.3 Å². The molecule has 0 aliphatic carbocycles. The molecule has 0 radical (unpaired) electrons. The number of hydrogen-bond acceptors (Lipinski definition) is 2. The molecule has 4 rings (SSSR count). The van der Waals surface area contributed by atoms with Gasteiger partial charge in [-0.3, -0.25) is 4.90 Å². The van der Waals surface area contributed by atoms with Gasteiger partial charge in [0.2, 0.25) is 0 Å². The molecular formula is C16H21N3. The maximum atomic E-state index is 3.32. The van der Waals surface area contributed by atoms with Crippen LogP contribution in [0.25, 0.3) is 10.9 Å². The number of hydrogen-bond donors (Lipinski definition) is 1. The summed E-state index contributed by atoms with van der Waals surface area (Å²) in [7, 11) is 0. The number of nitrogens with zero attached hydrogens (tertiary/aromatic N) is 2. The highest BCUT2D eigenvalue weighted by atomic mass is 15.3. The van der Waals surface area contributed by atoms with Crippen LogP contribution in [0.5, 0.6) is 0 Å². The number of piperidine rings is 1. The molecule has 0 amide bonds. The second-order valence-electron chi connectivity index (χ2n) is 5.88. The fourth-order valence-electron chi connectivity index (χ4n) is 3.62. The standard InChI is InChI=1S/C16H21N3/c1-2-8-18-9-10-19(12-15(18)3-1)14-5-4-13-6-7-17-16(13)11-14/h4-7,11,15,17H,1-3,8-10,12H2. The summed E-state index contributed by atoms with van der Waals surface area (Å²) in [5.41, 5.74) is 2.63. The lowest BCUT2D eigenvalue weighted by Gasteiger charge is -2.44. The average Bonchev–Trinajstić information content (AvgIpc) is 2.94. The average molecular weight is 255 g/mol. The first-order valence-electron chi connectivity index (χ1n) is 7.46. The van der Waals surface area contributed by atoms with Crippen molar-refractivity contribution in [2.45, 2.75) is 25.3 Å². The molecule has 100 valence electrons. The van der Waals surface area contributed by atoms with E-state index in [0.717, 1.165) is 6.04 Å². The highest BCUT2D eigenvalue weighted by Crippen LogP contribution is 2.27. The van der Waals surface area contributed by atoms with Crippen LogP contribution in [0.15, 0.2) is 30.5 Å². The Morgan fingerprint density at radius 3 is 3.05 bits per heavy atom. The van der Waals surface area contributed by atoms with Gasteiger partial charge in [0.15, 0.2) is 0 Å². The predicted octanol–water partition coefficient (Wildman–Crippen LogP) is 2.84. The number of piperazine rings is 1. The van der Waals surface area contributed by atoms with Crippen molar-refractivity contribution < 1.29 is 0 Å². The lowest BCUT2D eigenvalue weighted by atomic mass is 9.99. The van der Waals surface area contributed by atoms with Crippen molar-refractivity contribution in [3.05, 3.63) is 30.5 Å². The van der Waals surface area contributed by atoms with E-state index in [9.17, 15) is 0 Å². The lowest BCUT2D eigenvalue weighted by Crippen LogP contribution is -2.54. The molecule has 0 spiro atoms. The maximum Gasteiger partial charge on any atom is 0.0474 e. The minimum atomic E-state index is 0.779. The van der Waals surface area contributed by atoms with E-state index in [0.29, 0.717) is 0 Å². The van der Waals surface area contributed by atoms with Crippen LogP contribution in [-0.4, -0.2) is 42.1 Å². The number of anilines is 1. The Hall–Kier alpha value is -1.48. The van der Waals surface area contributed by atoms with E-state index in [-0.39, 0.29) is 0 Å². The highest BCUT2D eigenvalue weighted by molar-refractivity contribution is 5.83. The SMILES string of the molecule is c1cc2ccc(N3CCN4CCCCC4C3)cc2[nH]1. The summed E-state index contributed by atoms with van der Waals surface area (Å²) >= 11 is 0. The molecule has 2 aliphatic rings. The van der Waals surface area contributed by atoms with Crippen molar-refractivity contribution in [2.75, 3.05) is 31.1 Å². The number of benzene rings is 1. The van der Waals surface area contributed by atoms with Crippen LogP contribution in [0.2, 0.25) is 0 Å². The zero-order valence-electron chi connectivity index (χ0n) is 11.3. The zero-order chi connectivity index (χ0) is 12.7. The van der Waals surface area contributed by atoms with Crippen LogP contribution < -0.4 is 4.90 Å². The third-order valence-electron chi connectivity index (χ3n) is 4.74. The molecule has 0 bridgehead atoms. The second kappa shape index (κ2) is 4.57. The Morgan fingerprint density at radius 2 is 2.05 bits per heavy atom. The van der Waals surface area contributed by atoms with E-state index in [2.05, 4.69) is 39.0 Å². The molecular weight excluding hydrogens is 234 g/mol. The van der Waals surface area contributed by atoms with Gasteiger partial charge in [-0.15, -0.1) is 0 Å². The van der Waals surface area contributed by atoms with Gasteiger partial charge in [0, 0.05) is 43.1 Å². The number of fused-ring (bicyclic) bond motifs is 2. The summed E-state index contributed by atoms with van der Waals surface area (Å²) in [6.45, 7) is 4.91. The van der Waals surface area contributed by atoms with E-state index >= 15 is 0 Å². The predicted molar refractivity (Wildman–Crippen MR) is 79.7 cm³/mol. The van der Waals surface area contributed by atoms with Gasteiger partial charge in [-0.05, 0) is 43.0 Å². The number of H-pyrrole nitrogens is 1. The summed E-state index contributed by atoms with van der Waals surface area (Å²) < 4.78 is 0. The molecule has 1 aromatic carbocycles. The van der Waals surface area contributed by atoms with Gasteiger partial charge in [-0.1, -0.05) is 12.5 Å². The Kier molecular flexibility index (Phi) is 2.73. The van der Waals surface area contributed by atoms with Gasteiger partial charge < -0.3 is 9.88 Å². The van der Waals surface area contributed by atoms with E-state index < -0.39 is 0 Å². The summed E-state index contributed by atoms with van der Waals surface area (Å²) in [5.74, 6) is 0. The first-order valence-corrected chi connectivity index (χ1v) is 7.46. The largest absolute Gasteiger partial charge is 0.369 e. The van der Waals surface area contributed by atoms with Gasteiger partial charge in [0.1, 0.15) is 0 Å². The van der Waals surface area contributed by atoms with Gasteiger partial charge in [0.05, 0.1) is 0 Å². The topological polar surface area (TPSA) is 22.3 Å². The zero-order valence-corrected chi connectivity index (χ0v) is 11.3. The van der Waals surface area contributed by atoms with Gasteiger partial charge in [-0.2, -0.15) is 0 Å². The highest BCUT2D eigenvalue weighted by Gasteiger charge is 2.28. The molecule has 2 saturated heterocycles. The molecule has 2 aromatic rings. The first-order chi connectivity index (χ1) is 9.40. The van der Waals surface area contributed by atoms with Crippen LogP contribution in [-0.2, 0) is 0 Å². The Labute approximate surface area is 114 Å². The number of rotatable bonds is 1. The normalized spacial score (nSPS) is 24.6. The molecule has 19 heavy (non-hydrogen) atoms. The van der Waals surface area contributed by atoms with Crippen molar-refractivity contribution in [1.29, 1.82) is 0 Å². The van der Waals surface area contributed by atoms with Gasteiger partial charge in [0.25, 0.3) is 0 Å². The minimum Gasteiger partial charge on any atom is -0.369 e. The fraction of sp³-hybridized carbons (Fsp3) is 0.500. The summed E-state index contributed by atoms with van der Waals surface area (Å²) in [4.78, 5) is 8.57. The van der Waals surface area contributed by atoms with E-state index in [1.54, 1.807) is 0 Å². The smallest absolute Gasteiger partial charge is 0.0474 e. The Bertz CT molecular complexity index is 574. The third kappa shape index (κ3) is 2.02. The van der Waals surface area contributed by atoms with Crippen molar-refractivity contribution in [3.63, 3.8) is 0 Å². The van der Waals surface area contributed by atoms with Crippen molar-refractivity contribution in [3.8, 4) is 0 Å². The molecule has 3 heterocycles. The monoisotopic (exact) mass is 255 g/mol. The minimum absolute atomic E-state index is 0.779. The molecule has 2 aliphatic heterocycles. The number of nitrogens with one attached hydrogen (secondary N) is 1. The van der Waals surface area contributed by atoms with Crippen LogP contribution >= 0.6 is 0 Å². The summed E-state index contributed by atoms with van der Waals surface area (Å²) in [6.07, 6.45) is 6.20. The maximum absolute atomic E-state index is 3.32. The van der Waals surface area contributed by atoms with E-state index in [4.69, 9.17) is 0 Å². The van der Waals surface area contributed by atoms with Crippen LogP contribution in [0, 0.1) is 0 Å². The summed E-state index contributed by atoms with van der Waals surface area (Å²) in [5, 5.41) is 1.31. The van der Waals surface area contributed by atoms with Crippen molar-refractivity contribution in [2.24, 2.45) is 0 Å². The van der Waals surface area contributed by atoms with E-state index in [1.165, 1.54) is 62.0 Å². The van der Waals surface area contributed by atoms with Crippen molar-refractivity contribution >= 4 is 16.6 Å².